The van der Waals surface area contributed by atoms with Crippen molar-refractivity contribution >= 4 is 21.4 Å². The molecule has 6 heteroatoms. The smallest absolute Gasteiger partial charge is 0.232 e. The summed E-state index contributed by atoms with van der Waals surface area (Å²) < 4.78 is 37.4. The summed E-state index contributed by atoms with van der Waals surface area (Å²) in [4.78, 5) is 12.8. The van der Waals surface area contributed by atoms with E-state index in [1.165, 1.54) is 6.07 Å². The highest BCUT2D eigenvalue weighted by molar-refractivity contribution is 7.90. The van der Waals surface area contributed by atoms with Crippen LogP contribution in [0.15, 0.2) is 53.4 Å². The first-order valence-corrected chi connectivity index (χ1v) is 9.98. The molecule has 0 saturated heterocycles. The molecule has 2 unspecified atom stereocenters. The topological polar surface area (TPSA) is 63.2 Å². The van der Waals surface area contributed by atoms with E-state index in [-0.39, 0.29) is 22.4 Å². The van der Waals surface area contributed by atoms with Gasteiger partial charge in [-0.1, -0.05) is 50.6 Å². The highest BCUT2D eigenvalue weighted by Gasteiger charge is 2.26. The Hall–Kier alpha value is -2.21. The summed E-state index contributed by atoms with van der Waals surface area (Å²) in [6, 6.07) is 12.7. The van der Waals surface area contributed by atoms with Crippen molar-refractivity contribution in [3.63, 3.8) is 0 Å². The van der Waals surface area contributed by atoms with Crippen LogP contribution in [0, 0.1) is 11.7 Å². The van der Waals surface area contributed by atoms with Crippen molar-refractivity contribution in [1.29, 1.82) is 0 Å². The van der Waals surface area contributed by atoms with Crippen LogP contribution in [-0.2, 0) is 14.6 Å². The van der Waals surface area contributed by atoms with Gasteiger partial charge < -0.3 is 5.32 Å². The maximum atomic E-state index is 14.1. The second kappa shape index (κ2) is 7.78. The van der Waals surface area contributed by atoms with Crippen LogP contribution in [0.4, 0.5) is 10.1 Å². The van der Waals surface area contributed by atoms with E-state index in [4.69, 9.17) is 0 Å². The zero-order valence-corrected chi connectivity index (χ0v) is 15.3. The van der Waals surface area contributed by atoms with Gasteiger partial charge in [0.1, 0.15) is 5.82 Å². The third-order valence-corrected chi connectivity index (χ3v) is 5.39. The summed E-state index contributed by atoms with van der Waals surface area (Å²) in [5.74, 6) is -1.43. The lowest BCUT2D eigenvalue weighted by atomic mass is 9.85. The Morgan fingerprint density at radius 1 is 1.16 bits per heavy atom. The molecule has 0 saturated carbocycles. The number of amides is 1. The van der Waals surface area contributed by atoms with Crippen molar-refractivity contribution < 1.29 is 17.6 Å². The maximum Gasteiger partial charge on any atom is 0.232 e. The van der Waals surface area contributed by atoms with Gasteiger partial charge in [-0.05, 0) is 29.7 Å². The Morgan fingerprint density at radius 3 is 2.36 bits per heavy atom. The molecule has 4 nitrogen and oxygen atoms in total. The zero-order chi connectivity index (χ0) is 18.6. The molecular weight excluding hydrogens is 341 g/mol. The molecule has 134 valence electrons. The number of carbonyl (C=O) groups is 1. The average molecular weight is 363 g/mol. The van der Waals surface area contributed by atoms with E-state index < -0.39 is 21.6 Å². The molecule has 0 aliphatic carbocycles. The summed E-state index contributed by atoms with van der Waals surface area (Å²) in [6.07, 6.45) is 1.82. The predicted molar refractivity (Wildman–Crippen MR) is 96.8 cm³/mol. The second-order valence-corrected chi connectivity index (χ2v) is 8.19. The number of hydrogen-bond acceptors (Lipinski definition) is 3. The van der Waals surface area contributed by atoms with Crippen molar-refractivity contribution in [1.82, 2.24) is 0 Å². The molecule has 2 aromatic carbocycles. The van der Waals surface area contributed by atoms with Crippen LogP contribution in [0.1, 0.15) is 31.7 Å². The molecule has 0 aromatic heterocycles. The lowest BCUT2D eigenvalue weighted by molar-refractivity contribution is -0.118. The van der Waals surface area contributed by atoms with Crippen molar-refractivity contribution in [3.8, 4) is 0 Å². The van der Waals surface area contributed by atoms with Crippen molar-refractivity contribution in [3.05, 3.63) is 59.9 Å². The third kappa shape index (κ3) is 4.66. The highest BCUT2D eigenvalue weighted by Crippen LogP contribution is 2.29. The van der Waals surface area contributed by atoms with Crippen molar-refractivity contribution in [2.45, 2.75) is 31.1 Å². The standard InChI is InChI=1S/C19H22FNO3S/c1-4-13(2)18(14-8-6-5-7-9-14)19(22)21-17-12-15(25(3,23)24)10-11-16(17)20/h5-13,18H,4H2,1-3H3,(H,21,22). The molecule has 1 N–H and O–H groups in total. The lowest BCUT2D eigenvalue weighted by Gasteiger charge is -2.23. The summed E-state index contributed by atoms with van der Waals surface area (Å²) in [5, 5.41) is 2.56. The number of hydrogen-bond donors (Lipinski definition) is 1. The number of rotatable bonds is 6. The predicted octanol–water partition coefficient (Wildman–Crippen LogP) is 4.00. The number of anilines is 1. The minimum atomic E-state index is -3.49. The fourth-order valence-electron chi connectivity index (χ4n) is 2.68. The molecule has 0 heterocycles. The molecule has 2 aromatic rings. The second-order valence-electron chi connectivity index (χ2n) is 6.18. The number of benzene rings is 2. The summed E-state index contributed by atoms with van der Waals surface area (Å²) in [6.45, 7) is 3.94. The Labute approximate surface area is 148 Å². The van der Waals surface area contributed by atoms with E-state index in [2.05, 4.69) is 5.32 Å². The Morgan fingerprint density at radius 2 is 1.80 bits per heavy atom. The number of carbonyl (C=O) groups excluding carboxylic acids is 1. The molecule has 0 aliphatic heterocycles. The van der Waals surface area contributed by atoms with E-state index in [0.29, 0.717) is 0 Å². The molecule has 2 rings (SSSR count). The first kappa shape index (κ1) is 19.1. The molecule has 0 aliphatic rings. The van der Waals surface area contributed by atoms with Gasteiger partial charge in [-0.3, -0.25) is 4.79 Å². The van der Waals surface area contributed by atoms with Crippen LogP contribution in [0.25, 0.3) is 0 Å². The highest BCUT2D eigenvalue weighted by atomic mass is 32.2. The van der Waals surface area contributed by atoms with E-state index in [1.807, 2.05) is 44.2 Å². The van der Waals surface area contributed by atoms with Gasteiger partial charge in [0.25, 0.3) is 0 Å². The normalized spacial score (nSPS) is 13.9. The molecular formula is C19H22FNO3S. The fraction of sp³-hybridized carbons (Fsp3) is 0.316. The van der Waals surface area contributed by atoms with Crippen LogP contribution in [0.3, 0.4) is 0 Å². The van der Waals surface area contributed by atoms with Crippen LogP contribution in [0.2, 0.25) is 0 Å². The minimum Gasteiger partial charge on any atom is -0.323 e. The average Bonchev–Trinajstić information content (AvgIpc) is 2.56. The number of nitrogens with one attached hydrogen (secondary N) is 1. The molecule has 25 heavy (non-hydrogen) atoms. The maximum absolute atomic E-state index is 14.1. The number of sulfone groups is 1. The third-order valence-electron chi connectivity index (χ3n) is 4.28. The van der Waals surface area contributed by atoms with Gasteiger partial charge in [-0.2, -0.15) is 0 Å². The summed E-state index contributed by atoms with van der Waals surface area (Å²) in [7, 11) is -3.49. The van der Waals surface area contributed by atoms with Crippen LogP contribution >= 0.6 is 0 Å². The fourth-order valence-corrected chi connectivity index (χ4v) is 3.32. The van der Waals surface area contributed by atoms with E-state index in [1.54, 1.807) is 0 Å². The van der Waals surface area contributed by atoms with Gasteiger partial charge >= 0.3 is 0 Å². The van der Waals surface area contributed by atoms with Gasteiger partial charge in [0.05, 0.1) is 16.5 Å². The molecule has 0 spiro atoms. The van der Waals surface area contributed by atoms with Gasteiger partial charge in [0.2, 0.25) is 5.91 Å². The molecule has 0 bridgehead atoms. The minimum absolute atomic E-state index is 0.0380. The van der Waals surface area contributed by atoms with Gasteiger partial charge in [-0.15, -0.1) is 0 Å². The SMILES string of the molecule is CCC(C)C(C(=O)Nc1cc(S(C)(=O)=O)ccc1F)c1ccccc1. The monoisotopic (exact) mass is 363 g/mol. The van der Waals surface area contributed by atoms with E-state index in [9.17, 15) is 17.6 Å². The Balaban J connectivity index is 2.36. The molecule has 0 radical (unpaired) electrons. The molecule has 1 amide bonds. The lowest BCUT2D eigenvalue weighted by Crippen LogP contribution is -2.26. The first-order chi connectivity index (χ1) is 11.7. The van der Waals surface area contributed by atoms with Gasteiger partial charge in [0, 0.05) is 6.26 Å². The van der Waals surface area contributed by atoms with Crippen LogP contribution in [0.5, 0.6) is 0 Å². The summed E-state index contributed by atoms with van der Waals surface area (Å²) >= 11 is 0. The Bertz CT molecular complexity index is 850. The number of halogens is 1. The quantitative estimate of drug-likeness (QED) is 0.789. The van der Waals surface area contributed by atoms with Gasteiger partial charge in [0.15, 0.2) is 9.84 Å². The van der Waals surface area contributed by atoms with Crippen molar-refractivity contribution in [2.75, 3.05) is 11.6 Å². The van der Waals surface area contributed by atoms with Crippen LogP contribution < -0.4 is 5.32 Å². The zero-order valence-electron chi connectivity index (χ0n) is 14.5. The first-order valence-electron chi connectivity index (χ1n) is 8.09. The molecule has 2 atom stereocenters. The van der Waals surface area contributed by atoms with E-state index >= 15 is 0 Å². The van der Waals surface area contributed by atoms with Crippen molar-refractivity contribution in [2.24, 2.45) is 5.92 Å². The molecule has 0 fully saturated rings. The van der Waals surface area contributed by atoms with E-state index in [0.717, 1.165) is 30.4 Å². The Kier molecular flexibility index (Phi) is 5.95. The largest absolute Gasteiger partial charge is 0.323 e. The van der Waals surface area contributed by atoms with Gasteiger partial charge in [-0.25, -0.2) is 12.8 Å². The van der Waals surface area contributed by atoms with Crippen LogP contribution in [-0.4, -0.2) is 20.6 Å². The summed E-state index contributed by atoms with van der Waals surface area (Å²) in [5.41, 5.74) is 0.714.